The summed E-state index contributed by atoms with van der Waals surface area (Å²) < 4.78 is 1.16. The summed E-state index contributed by atoms with van der Waals surface area (Å²) in [5.74, 6) is -0.554. The average Bonchev–Trinajstić information content (AvgIpc) is 2.59. The first-order chi connectivity index (χ1) is 12.0. The van der Waals surface area contributed by atoms with Crippen molar-refractivity contribution < 1.29 is 9.72 Å². The Balaban J connectivity index is 1.84. The summed E-state index contributed by atoms with van der Waals surface area (Å²) in [6.07, 6.45) is 1.28. The van der Waals surface area contributed by atoms with Crippen LogP contribution in [0.15, 0.2) is 53.6 Å². The van der Waals surface area contributed by atoms with E-state index in [0.29, 0.717) is 10.9 Å². The number of carbonyl (C=O) groups is 1. The topological polar surface area (TPSA) is 107 Å². The summed E-state index contributed by atoms with van der Waals surface area (Å²) in [7, 11) is 0. The fraction of sp³-hybridized carbons (Fsp3) is 0.0625. The summed E-state index contributed by atoms with van der Waals surface area (Å²) >= 11 is 5.94. The van der Waals surface area contributed by atoms with Crippen molar-refractivity contribution in [2.45, 2.75) is 6.54 Å². The fourth-order valence-corrected chi connectivity index (χ4v) is 2.45. The smallest absolute Gasteiger partial charge is 0.271 e. The van der Waals surface area contributed by atoms with E-state index in [2.05, 4.69) is 10.3 Å². The molecule has 3 aromatic rings. The monoisotopic (exact) mass is 358 g/mol. The van der Waals surface area contributed by atoms with E-state index in [0.717, 1.165) is 10.6 Å². The first-order valence-electron chi connectivity index (χ1n) is 7.13. The van der Waals surface area contributed by atoms with Gasteiger partial charge in [0.2, 0.25) is 5.91 Å². The van der Waals surface area contributed by atoms with Crippen LogP contribution in [-0.2, 0) is 11.3 Å². The molecule has 0 aliphatic carbocycles. The molecule has 126 valence electrons. The normalized spacial score (nSPS) is 10.6. The van der Waals surface area contributed by atoms with Crippen LogP contribution >= 0.6 is 11.6 Å². The molecule has 0 atom stereocenters. The number of non-ortho nitro benzene ring substituents is 1. The summed E-state index contributed by atoms with van der Waals surface area (Å²) in [5.41, 5.74) is 0.0729. The number of hydrogen-bond acceptors (Lipinski definition) is 5. The second-order valence-corrected chi connectivity index (χ2v) is 5.57. The number of nitro groups is 1. The van der Waals surface area contributed by atoms with Gasteiger partial charge in [-0.05, 0) is 18.2 Å². The van der Waals surface area contributed by atoms with Gasteiger partial charge in [-0.25, -0.2) is 4.98 Å². The number of nitrogens with one attached hydrogen (secondary N) is 1. The van der Waals surface area contributed by atoms with E-state index in [1.807, 2.05) is 0 Å². The number of nitrogens with zero attached hydrogens (tertiary/aromatic N) is 3. The molecule has 0 unspecified atom stereocenters. The molecule has 9 heteroatoms. The number of benzene rings is 2. The molecule has 0 bridgehead atoms. The van der Waals surface area contributed by atoms with Crippen LogP contribution in [0.5, 0.6) is 0 Å². The summed E-state index contributed by atoms with van der Waals surface area (Å²) in [5, 5.41) is 13.8. The average molecular weight is 359 g/mol. The van der Waals surface area contributed by atoms with E-state index in [1.165, 1.54) is 18.5 Å². The van der Waals surface area contributed by atoms with Gasteiger partial charge >= 0.3 is 0 Å². The number of aromatic nitrogens is 2. The molecule has 0 fully saturated rings. The third-order valence-corrected chi connectivity index (χ3v) is 3.81. The Labute approximate surface area is 145 Å². The zero-order valence-electron chi connectivity index (χ0n) is 12.7. The highest BCUT2D eigenvalue weighted by Crippen LogP contribution is 2.26. The predicted molar refractivity (Wildman–Crippen MR) is 92.7 cm³/mol. The van der Waals surface area contributed by atoms with Gasteiger partial charge in [0.1, 0.15) is 6.54 Å². The van der Waals surface area contributed by atoms with Crippen LogP contribution in [-0.4, -0.2) is 20.4 Å². The molecule has 0 aliphatic rings. The van der Waals surface area contributed by atoms with Gasteiger partial charge in [-0.1, -0.05) is 23.7 Å². The third kappa shape index (κ3) is 3.48. The number of amides is 1. The highest BCUT2D eigenvalue weighted by atomic mass is 35.5. The van der Waals surface area contributed by atoms with E-state index in [-0.39, 0.29) is 28.5 Å². The van der Waals surface area contributed by atoms with E-state index in [4.69, 9.17) is 11.6 Å². The second kappa shape index (κ2) is 6.70. The van der Waals surface area contributed by atoms with Crippen molar-refractivity contribution in [3.8, 4) is 0 Å². The van der Waals surface area contributed by atoms with Crippen LogP contribution in [0.3, 0.4) is 0 Å². The predicted octanol–water partition coefficient (Wildman–Crippen LogP) is 2.60. The van der Waals surface area contributed by atoms with Crippen LogP contribution in [0.4, 0.5) is 11.4 Å². The molecule has 0 radical (unpaired) electrons. The minimum atomic E-state index is -0.594. The van der Waals surface area contributed by atoms with Crippen molar-refractivity contribution in [2.24, 2.45) is 0 Å². The molecular weight excluding hydrogens is 348 g/mol. The van der Waals surface area contributed by atoms with Crippen LogP contribution in [0.25, 0.3) is 10.9 Å². The molecule has 1 N–H and O–H groups in total. The summed E-state index contributed by atoms with van der Waals surface area (Å²) in [4.78, 5) is 38.9. The van der Waals surface area contributed by atoms with Crippen molar-refractivity contribution in [3.05, 3.63) is 74.3 Å². The molecule has 0 saturated carbocycles. The first kappa shape index (κ1) is 16.6. The number of hydrogen-bond donors (Lipinski definition) is 1. The van der Waals surface area contributed by atoms with Crippen LogP contribution in [0.1, 0.15) is 0 Å². The highest BCUT2D eigenvalue weighted by Gasteiger charge is 2.13. The molecule has 0 saturated heterocycles. The quantitative estimate of drug-likeness (QED) is 0.569. The van der Waals surface area contributed by atoms with Gasteiger partial charge in [0.05, 0.1) is 32.9 Å². The Morgan fingerprint density at radius 2 is 2.04 bits per heavy atom. The molecule has 0 aliphatic heterocycles. The number of halogens is 1. The van der Waals surface area contributed by atoms with Crippen LogP contribution in [0, 0.1) is 10.1 Å². The Kier molecular flexibility index (Phi) is 4.44. The van der Waals surface area contributed by atoms with E-state index in [1.54, 1.807) is 24.3 Å². The van der Waals surface area contributed by atoms with Crippen molar-refractivity contribution >= 4 is 39.8 Å². The lowest BCUT2D eigenvalue weighted by molar-refractivity contribution is -0.384. The van der Waals surface area contributed by atoms with Gasteiger partial charge in [-0.15, -0.1) is 0 Å². The number of para-hydroxylation sites is 1. The standard InChI is InChI=1S/C16H11ClN4O4/c17-12-6-5-10(21(24)25)7-14(12)19-15(22)8-20-9-18-13-4-2-1-3-11(13)16(20)23/h1-7,9H,8H2,(H,19,22). The molecule has 1 aromatic heterocycles. The molecular formula is C16H11ClN4O4. The number of nitro benzene ring substituents is 1. The van der Waals surface area contributed by atoms with Crippen LogP contribution < -0.4 is 10.9 Å². The van der Waals surface area contributed by atoms with Gasteiger partial charge in [0.15, 0.2) is 0 Å². The maximum absolute atomic E-state index is 12.4. The maximum Gasteiger partial charge on any atom is 0.271 e. The molecule has 2 aromatic carbocycles. The maximum atomic E-state index is 12.4. The van der Waals surface area contributed by atoms with Gasteiger partial charge in [-0.2, -0.15) is 0 Å². The van der Waals surface area contributed by atoms with Gasteiger partial charge in [0, 0.05) is 12.1 Å². The first-order valence-corrected chi connectivity index (χ1v) is 7.51. The number of fused-ring (bicyclic) bond motifs is 1. The SMILES string of the molecule is O=C(Cn1cnc2ccccc2c1=O)Nc1cc([N+](=O)[O-])ccc1Cl. The lowest BCUT2D eigenvalue weighted by atomic mass is 10.2. The van der Waals surface area contributed by atoms with Gasteiger partial charge in [-0.3, -0.25) is 24.3 Å². The fourth-order valence-electron chi connectivity index (χ4n) is 2.29. The third-order valence-electron chi connectivity index (χ3n) is 3.48. The van der Waals surface area contributed by atoms with Crippen LogP contribution in [0.2, 0.25) is 5.02 Å². The minimum absolute atomic E-state index is 0.0997. The van der Waals surface area contributed by atoms with Crippen molar-refractivity contribution in [1.29, 1.82) is 0 Å². The zero-order chi connectivity index (χ0) is 18.0. The van der Waals surface area contributed by atoms with Crippen molar-refractivity contribution in [2.75, 3.05) is 5.32 Å². The number of carbonyl (C=O) groups excluding carboxylic acids is 1. The van der Waals surface area contributed by atoms with E-state index < -0.39 is 10.8 Å². The van der Waals surface area contributed by atoms with Crippen molar-refractivity contribution in [3.63, 3.8) is 0 Å². The molecule has 1 amide bonds. The molecule has 8 nitrogen and oxygen atoms in total. The Morgan fingerprint density at radius 1 is 1.28 bits per heavy atom. The number of anilines is 1. The molecule has 0 spiro atoms. The van der Waals surface area contributed by atoms with Crippen molar-refractivity contribution in [1.82, 2.24) is 9.55 Å². The lowest BCUT2D eigenvalue weighted by Gasteiger charge is -2.09. The minimum Gasteiger partial charge on any atom is -0.323 e. The van der Waals surface area contributed by atoms with E-state index >= 15 is 0 Å². The number of rotatable bonds is 4. The van der Waals surface area contributed by atoms with E-state index in [9.17, 15) is 19.7 Å². The Morgan fingerprint density at radius 3 is 2.80 bits per heavy atom. The van der Waals surface area contributed by atoms with Gasteiger partial charge in [0.25, 0.3) is 11.2 Å². The highest BCUT2D eigenvalue weighted by molar-refractivity contribution is 6.33. The molecule has 3 rings (SSSR count). The Bertz CT molecular complexity index is 1050. The second-order valence-electron chi connectivity index (χ2n) is 5.16. The van der Waals surface area contributed by atoms with Gasteiger partial charge < -0.3 is 5.32 Å². The lowest BCUT2D eigenvalue weighted by Crippen LogP contribution is -2.28. The summed E-state index contributed by atoms with van der Waals surface area (Å²) in [6.45, 7) is -0.296. The summed E-state index contributed by atoms with van der Waals surface area (Å²) in [6, 6.07) is 10.5. The molecule has 1 heterocycles. The Hall–Kier alpha value is -3.26. The largest absolute Gasteiger partial charge is 0.323 e. The zero-order valence-corrected chi connectivity index (χ0v) is 13.4. The molecule has 25 heavy (non-hydrogen) atoms.